The van der Waals surface area contributed by atoms with E-state index in [1.54, 1.807) is 35.1 Å². The van der Waals surface area contributed by atoms with Gasteiger partial charge in [-0.25, -0.2) is 4.98 Å². The lowest BCUT2D eigenvalue weighted by molar-refractivity contribution is -0.113. The Hall–Kier alpha value is -2.84. The maximum absolute atomic E-state index is 13.0. The zero-order chi connectivity index (χ0) is 21.1. The van der Waals surface area contributed by atoms with Gasteiger partial charge in [0.15, 0.2) is 5.16 Å². The molecular weight excluding hydrogens is 466 g/mol. The molecule has 4 aromatic rings. The Morgan fingerprint density at radius 2 is 2.03 bits per heavy atom. The fraction of sp³-hybridized carbons (Fsp3) is 0.136. The lowest BCUT2D eigenvalue weighted by atomic mass is 10.2. The molecule has 0 fully saturated rings. The summed E-state index contributed by atoms with van der Waals surface area (Å²) in [5, 5.41) is 3.87. The van der Waals surface area contributed by atoms with Gasteiger partial charge in [-0.3, -0.25) is 14.2 Å². The summed E-state index contributed by atoms with van der Waals surface area (Å²) >= 11 is 4.69. The molecule has 0 aliphatic carbocycles. The number of amides is 1. The maximum atomic E-state index is 13.0. The van der Waals surface area contributed by atoms with E-state index in [1.807, 2.05) is 37.3 Å². The van der Waals surface area contributed by atoms with Crippen LogP contribution in [0.1, 0.15) is 11.3 Å². The number of para-hydroxylation sites is 1. The topological polar surface area (TPSA) is 77.1 Å². The zero-order valence-electron chi connectivity index (χ0n) is 16.1. The van der Waals surface area contributed by atoms with Crippen LogP contribution in [0.4, 0.5) is 5.69 Å². The van der Waals surface area contributed by atoms with E-state index in [-0.39, 0.29) is 23.8 Å². The lowest BCUT2D eigenvalue weighted by Gasteiger charge is -2.12. The summed E-state index contributed by atoms with van der Waals surface area (Å²) in [4.78, 5) is 30.1. The molecule has 0 radical (unpaired) electrons. The number of benzene rings is 2. The predicted octanol–water partition coefficient (Wildman–Crippen LogP) is 4.84. The van der Waals surface area contributed by atoms with Crippen LogP contribution in [0, 0.1) is 6.92 Å². The number of thioether (sulfide) groups is 1. The number of anilines is 1. The van der Waals surface area contributed by atoms with Crippen LogP contribution >= 0.6 is 27.7 Å². The molecule has 2 heterocycles. The van der Waals surface area contributed by atoms with Gasteiger partial charge < -0.3 is 9.73 Å². The number of furan rings is 1. The fourth-order valence-corrected chi connectivity index (χ4v) is 4.13. The number of nitrogens with zero attached hydrogens (tertiary/aromatic N) is 2. The average Bonchev–Trinajstić information content (AvgIpc) is 3.25. The van der Waals surface area contributed by atoms with E-state index in [0.29, 0.717) is 27.5 Å². The zero-order valence-corrected chi connectivity index (χ0v) is 18.5. The van der Waals surface area contributed by atoms with Gasteiger partial charge in [0.05, 0.1) is 29.5 Å². The molecule has 8 heteroatoms. The van der Waals surface area contributed by atoms with Crippen molar-refractivity contribution < 1.29 is 9.21 Å². The van der Waals surface area contributed by atoms with E-state index in [1.165, 1.54) is 11.8 Å². The Balaban J connectivity index is 1.58. The van der Waals surface area contributed by atoms with Gasteiger partial charge in [-0.05, 0) is 48.9 Å². The number of aryl methyl sites for hydroxylation is 1. The first kappa shape index (κ1) is 20.4. The third-order valence-corrected chi connectivity index (χ3v) is 6.34. The van der Waals surface area contributed by atoms with E-state index >= 15 is 0 Å². The van der Waals surface area contributed by atoms with Crippen LogP contribution in [0.15, 0.2) is 79.7 Å². The Bertz CT molecular complexity index is 1270. The number of fused-ring (bicyclic) bond motifs is 1. The second kappa shape index (κ2) is 8.89. The van der Waals surface area contributed by atoms with Crippen LogP contribution in [-0.2, 0) is 11.3 Å². The molecule has 0 saturated heterocycles. The summed E-state index contributed by atoms with van der Waals surface area (Å²) in [6.07, 6.45) is 1.56. The molecule has 0 saturated carbocycles. The normalized spacial score (nSPS) is 11.0. The molecule has 0 aliphatic rings. The number of carbonyl (C=O) groups excluding carboxylic acids is 1. The minimum Gasteiger partial charge on any atom is -0.467 e. The van der Waals surface area contributed by atoms with Crippen LogP contribution in [-0.4, -0.2) is 21.2 Å². The van der Waals surface area contributed by atoms with Gasteiger partial charge in [-0.2, -0.15) is 0 Å². The summed E-state index contributed by atoms with van der Waals surface area (Å²) in [6, 6.07) is 16.4. The van der Waals surface area contributed by atoms with Crippen LogP contribution in [0.5, 0.6) is 0 Å². The van der Waals surface area contributed by atoms with Crippen molar-refractivity contribution >= 4 is 50.2 Å². The highest BCUT2D eigenvalue weighted by Crippen LogP contribution is 2.22. The number of rotatable bonds is 6. The highest BCUT2D eigenvalue weighted by atomic mass is 79.9. The van der Waals surface area contributed by atoms with Crippen molar-refractivity contribution in [3.8, 4) is 0 Å². The van der Waals surface area contributed by atoms with Crippen LogP contribution in [0.2, 0.25) is 0 Å². The van der Waals surface area contributed by atoms with Crippen LogP contribution < -0.4 is 10.9 Å². The standard InChI is InChI=1S/C22H18BrN3O3S/c1-14-8-9-15(11-18(14)23)24-20(27)13-30-22-25-19-7-3-2-6-17(19)21(28)26(22)12-16-5-4-10-29-16/h2-11H,12-13H2,1H3,(H,24,27). The Morgan fingerprint density at radius 3 is 2.80 bits per heavy atom. The fourth-order valence-electron chi connectivity index (χ4n) is 2.95. The monoisotopic (exact) mass is 483 g/mol. The first-order valence-electron chi connectivity index (χ1n) is 9.22. The maximum Gasteiger partial charge on any atom is 0.262 e. The molecule has 2 aromatic carbocycles. The molecule has 2 aromatic heterocycles. The molecule has 1 amide bonds. The number of aromatic nitrogens is 2. The van der Waals surface area contributed by atoms with Gasteiger partial charge in [0.1, 0.15) is 5.76 Å². The van der Waals surface area contributed by atoms with Crippen molar-refractivity contribution in [1.29, 1.82) is 0 Å². The van der Waals surface area contributed by atoms with Gasteiger partial charge in [0.2, 0.25) is 5.91 Å². The van der Waals surface area contributed by atoms with Crippen molar-refractivity contribution in [2.45, 2.75) is 18.6 Å². The predicted molar refractivity (Wildman–Crippen MR) is 122 cm³/mol. The minimum atomic E-state index is -0.178. The molecule has 0 aliphatic heterocycles. The third kappa shape index (κ3) is 4.49. The van der Waals surface area contributed by atoms with Gasteiger partial charge in [0.25, 0.3) is 5.56 Å². The molecule has 0 atom stereocenters. The third-order valence-electron chi connectivity index (χ3n) is 4.51. The lowest BCUT2D eigenvalue weighted by Crippen LogP contribution is -2.24. The van der Waals surface area contributed by atoms with E-state index < -0.39 is 0 Å². The van der Waals surface area contributed by atoms with E-state index in [9.17, 15) is 9.59 Å². The smallest absolute Gasteiger partial charge is 0.262 e. The quantitative estimate of drug-likeness (QED) is 0.313. The van der Waals surface area contributed by atoms with Gasteiger partial charge in [0, 0.05) is 10.2 Å². The van der Waals surface area contributed by atoms with E-state index in [2.05, 4.69) is 26.2 Å². The second-order valence-electron chi connectivity index (χ2n) is 6.68. The largest absolute Gasteiger partial charge is 0.467 e. The minimum absolute atomic E-state index is 0.119. The summed E-state index contributed by atoms with van der Waals surface area (Å²) in [5.41, 5.74) is 2.23. The van der Waals surface area contributed by atoms with E-state index in [4.69, 9.17) is 4.42 Å². The SMILES string of the molecule is Cc1ccc(NC(=O)CSc2nc3ccccc3c(=O)n2Cc2ccco2)cc1Br. The average molecular weight is 484 g/mol. The Kier molecular flexibility index (Phi) is 6.06. The van der Waals surface area contributed by atoms with Crippen molar-refractivity contribution in [1.82, 2.24) is 9.55 Å². The number of hydrogen-bond donors (Lipinski definition) is 1. The number of nitrogens with one attached hydrogen (secondary N) is 1. The summed E-state index contributed by atoms with van der Waals surface area (Å²) in [7, 11) is 0. The molecule has 4 rings (SSSR count). The number of carbonyl (C=O) groups is 1. The molecule has 1 N–H and O–H groups in total. The van der Waals surface area contributed by atoms with Crippen molar-refractivity contribution in [2.75, 3.05) is 11.1 Å². The van der Waals surface area contributed by atoms with E-state index in [0.717, 1.165) is 10.0 Å². The van der Waals surface area contributed by atoms with Crippen LogP contribution in [0.25, 0.3) is 10.9 Å². The highest BCUT2D eigenvalue weighted by molar-refractivity contribution is 9.10. The second-order valence-corrected chi connectivity index (χ2v) is 8.48. The van der Waals surface area contributed by atoms with Crippen molar-refractivity contribution in [2.24, 2.45) is 0 Å². The highest BCUT2D eigenvalue weighted by Gasteiger charge is 2.15. The number of halogens is 1. The first-order chi connectivity index (χ1) is 14.5. The van der Waals surface area contributed by atoms with Gasteiger partial charge in [-0.1, -0.05) is 45.9 Å². The molecule has 0 spiro atoms. The number of hydrogen-bond acceptors (Lipinski definition) is 5. The first-order valence-corrected chi connectivity index (χ1v) is 11.0. The summed E-state index contributed by atoms with van der Waals surface area (Å²) in [5.74, 6) is 0.585. The Labute approximate surface area is 185 Å². The van der Waals surface area contributed by atoms with Gasteiger partial charge in [-0.15, -0.1) is 0 Å². The Morgan fingerprint density at radius 1 is 1.20 bits per heavy atom. The van der Waals surface area contributed by atoms with Gasteiger partial charge >= 0.3 is 0 Å². The molecule has 0 bridgehead atoms. The molecule has 6 nitrogen and oxygen atoms in total. The molecule has 152 valence electrons. The molecule has 0 unspecified atom stereocenters. The summed E-state index contributed by atoms with van der Waals surface area (Å²) in [6.45, 7) is 2.23. The molecule has 30 heavy (non-hydrogen) atoms. The van der Waals surface area contributed by atoms with Crippen LogP contribution in [0.3, 0.4) is 0 Å². The summed E-state index contributed by atoms with van der Waals surface area (Å²) < 4.78 is 7.87. The van der Waals surface area contributed by atoms with Crippen molar-refractivity contribution in [3.63, 3.8) is 0 Å². The van der Waals surface area contributed by atoms with Crippen molar-refractivity contribution in [3.05, 3.63) is 87.0 Å². The molecular formula is C22H18BrN3O3S.